The number of aryl methyl sites for hydroxylation is 1. The van der Waals surface area contributed by atoms with E-state index in [-0.39, 0.29) is 0 Å². The second kappa shape index (κ2) is 6.24. The minimum Gasteiger partial charge on any atom is -0.373 e. The van der Waals surface area contributed by atoms with E-state index in [2.05, 4.69) is 43.1 Å². The summed E-state index contributed by atoms with van der Waals surface area (Å²) in [6.07, 6.45) is 6.78. The molecule has 1 aromatic carbocycles. The molecule has 100 valence electrons. The van der Waals surface area contributed by atoms with Gasteiger partial charge in [0.2, 0.25) is 0 Å². The fourth-order valence-corrected chi connectivity index (χ4v) is 2.93. The van der Waals surface area contributed by atoms with Crippen LogP contribution in [-0.4, -0.2) is 19.6 Å². The van der Waals surface area contributed by atoms with Gasteiger partial charge in [-0.15, -0.1) is 0 Å². The molecule has 1 aliphatic carbocycles. The molecule has 0 heterocycles. The Morgan fingerprint density at radius 1 is 1.17 bits per heavy atom. The molecule has 0 radical (unpaired) electrons. The fraction of sp³-hybridized carbons (Fsp3) is 0.625. The van der Waals surface area contributed by atoms with Crippen molar-refractivity contribution in [1.82, 2.24) is 0 Å². The van der Waals surface area contributed by atoms with Gasteiger partial charge in [0.25, 0.3) is 0 Å². The van der Waals surface area contributed by atoms with Gasteiger partial charge in [-0.25, -0.2) is 0 Å². The lowest BCUT2D eigenvalue weighted by Crippen LogP contribution is -2.41. The molecular formula is C16H26N2. The van der Waals surface area contributed by atoms with Gasteiger partial charge in [-0.05, 0) is 37.8 Å². The first-order valence-electron chi connectivity index (χ1n) is 7.20. The molecule has 0 saturated heterocycles. The van der Waals surface area contributed by atoms with Gasteiger partial charge >= 0.3 is 0 Å². The first kappa shape index (κ1) is 13.4. The fourth-order valence-electron chi connectivity index (χ4n) is 2.93. The lowest BCUT2D eigenvalue weighted by atomic mass is 9.84. The zero-order chi connectivity index (χ0) is 13.0. The molecule has 1 unspecified atom stereocenters. The predicted molar refractivity (Wildman–Crippen MR) is 79.0 cm³/mol. The lowest BCUT2D eigenvalue weighted by Gasteiger charge is -2.31. The standard InChI is InChI=1S/C16H26N2/c1-13-8-10-15(11-9-13)18(2)12-16(17)14-6-4-3-5-7-14/h8-11,14,16H,3-7,12,17H2,1-2H3. The number of hydrogen-bond donors (Lipinski definition) is 1. The SMILES string of the molecule is Cc1ccc(N(C)CC(N)C2CCCCC2)cc1. The topological polar surface area (TPSA) is 29.3 Å². The summed E-state index contributed by atoms with van der Waals surface area (Å²) in [6, 6.07) is 9.01. The molecule has 1 fully saturated rings. The quantitative estimate of drug-likeness (QED) is 0.883. The molecule has 0 bridgehead atoms. The molecule has 18 heavy (non-hydrogen) atoms. The van der Waals surface area contributed by atoms with E-state index in [0.717, 1.165) is 12.5 Å². The van der Waals surface area contributed by atoms with Crippen molar-refractivity contribution in [3.8, 4) is 0 Å². The van der Waals surface area contributed by atoms with Crippen molar-refractivity contribution in [2.75, 3.05) is 18.5 Å². The van der Waals surface area contributed by atoms with Crippen molar-refractivity contribution in [3.63, 3.8) is 0 Å². The van der Waals surface area contributed by atoms with Crippen LogP contribution in [-0.2, 0) is 0 Å². The van der Waals surface area contributed by atoms with Gasteiger partial charge in [0.05, 0.1) is 0 Å². The zero-order valence-electron chi connectivity index (χ0n) is 11.7. The minimum absolute atomic E-state index is 0.316. The largest absolute Gasteiger partial charge is 0.373 e. The molecule has 2 N–H and O–H groups in total. The Morgan fingerprint density at radius 2 is 1.78 bits per heavy atom. The van der Waals surface area contributed by atoms with E-state index in [0.29, 0.717) is 6.04 Å². The van der Waals surface area contributed by atoms with Gasteiger partial charge in [0.15, 0.2) is 0 Å². The summed E-state index contributed by atoms with van der Waals surface area (Å²) in [5, 5.41) is 0. The van der Waals surface area contributed by atoms with E-state index in [4.69, 9.17) is 5.73 Å². The Morgan fingerprint density at radius 3 is 2.39 bits per heavy atom. The van der Waals surface area contributed by atoms with Crippen LogP contribution in [0.4, 0.5) is 5.69 Å². The molecule has 0 spiro atoms. The first-order chi connectivity index (χ1) is 8.66. The summed E-state index contributed by atoms with van der Waals surface area (Å²) < 4.78 is 0. The number of nitrogens with zero attached hydrogens (tertiary/aromatic N) is 1. The van der Waals surface area contributed by atoms with Crippen molar-refractivity contribution in [2.45, 2.75) is 45.1 Å². The highest BCUT2D eigenvalue weighted by atomic mass is 15.1. The van der Waals surface area contributed by atoms with Crippen molar-refractivity contribution < 1.29 is 0 Å². The number of hydrogen-bond acceptors (Lipinski definition) is 2. The van der Waals surface area contributed by atoms with Crippen LogP contribution in [0.25, 0.3) is 0 Å². The van der Waals surface area contributed by atoms with E-state index in [1.54, 1.807) is 0 Å². The van der Waals surface area contributed by atoms with Crippen LogP contribution in [0.2, 0.25) is 0 Å². The summed E-state index contributed by atoms with van der Waals surface area (Å²) in [4.78, 5) is 2.29. The van der Waals surface area contributed by atoms with Gasteiger partial charge in [0, 0.05) is 25.3 Å². The smallest absolute Gasteiger partial charge is 0.0364 e. The lowest BCUT2D eigenvalue weighted by molar-refractivity contribution is 0.306. The van der Waals surface area contributed by atoms with E-state index in [1.165, 1.54) is 43.4 Å². The number of likely N-dealkylation sites (N-methyl/N-ethyl adjacent to an activating group) is 1. The molecule has 0 amide bonds. The Hall–Kier alpha value is -1.02. The summed E-state index contributed by atoms with van der Waals surface area (Å²) in [5.41, 5.74) is 8.95. The van der Waals surface area contributed by atoms with E-state index in [1.807, 2.05) is 0 Å². The second-order valence-electron chi connectivity index (χ2n) is 5.78. The van der Waals surface area contributed by atoms with Gasteiger partial charge in [-0.2, -0.15) is 0 Å². The minimum atomic E-state index is 0.316. The summed E-state index contributed by atoms with van der Waals surface area (Å²) in [5.74, 6) is 0.728. The van der Waals surface area contributed by atoms with Crippen LogP contribution < -0.4 is 10.6 Å². The number of rotatable bonds is 4. The van der Waals surface area contributed by atoms with Gasteiger partial charge in [0.1, 0.15) is 0 Å². The molecule has 0 aromatic heterocycles. The maximum atomic E-state index is 6.37. The zero-order valence-corrected chi connectivity index (χ0v) is 11.7. The Labute approximate surface area is 111 Å². The summed E-state index contributed by atoms with van der Waals surface area (Å²) in [7, 11) is 2.15. The maximum absolute atomic E-state index is 6.37. The average Bonchev–Trinajstić information content (AvgIpc) is 2.40. The molecule has 1 saturated carbocycles. The van der Waals surface area contributed by atoms with Crippen molar-refractivity contribution in [2.24, 2.45) is 11.7 Å². The van der Waals surface area contributed by atoms with Crippen molar-refractivity contribution in [3.05, 3.63) is 29.8 Å². The van der Waals surface area contributed by atoms with E-state index >= 15 is 0 Å². The van der Waals surface area contributed by atoms with Crippen LogP contribution in [0.15, 0.2) is 24.3 Å². The Bertz CT molecular complexity index is 352. The van der Waals surface area contributed by atoms with Crippen LogP contribution in [0.5, 0.6) is 0 Å². The summed E-state index contributed by atoms with van der Waals surface area (Å²) >= 11 is 0. The second-order valence-corrected chi connectivity index (χ2v) is 5.78. The van der Waals surface area contributed by atoms with Crippen LogP contribution in [0, 0.1) is 12.8 Å². The molecule has 1 aromatic rings. The highest BCUT2D eigenvalue weighted by Gasteiger charge is 2.21. The van der Waals surface area contributed by atoms with Crippen LogP contribution in [0.3, 0.4) is 0 Å². The van der Waals surface area contributed by atoms with Gasteiger partial charge < -0.3 is 10.6 Å². The Kier molecular flexibility index (Phi) is 4.65. The highest BCUT2D eigenvalue weighted by Crippen LogP contribution is 2.26. The third kappa shape index (κ3) is 3.49. The van der Waals surface area contributed by atoms with Gasteiger partial charge in [-0.1, -0.05) is 37.0 Å². The van der Waals surface area contributed by atoms with E-state index in [9.17, 15) is 0 Å². The maximum Gasteiger partial charge on any atom is 0.0364 e. The van der Waals surface area contributed by atoms with Gasteiger partial charge in [-0.3, -0.25) is 0 Å². The van der Waals surface area contributed by atoms with E-state index < -0.39 is 0 Å². The Balaban J connectivity index is 1.89. The van der Waals surface area contributed by atoms with Crippen LogP contribution >= 0.6 is 0 Å². The number of nitrogens with two attached hydrogens (primary N) is 1. The first-order valence-corrected chi connectivity index (χ1v) is 7.20. The molecule has 2 rings (SSSR count). The summed E-state index contributed by atoms with van der Waals surface area (Å²) in [6.45, 7) is 3.09. The third-order valence-electron chi connectivity index (χ3n) is 4.21. The average molecular weight is 246 g/mol. The monoisotopic (exact) mass is 246 g/mol. The number of anilines is 1. The third-order valence-corrected chi connectivity index (χ3v) is 4.21. The normalized spacial score (nSPS) is 18.6. The molecule has 1 atom stereocenters. The molecule has 0 aliphatic heterocycles. The van der Waals surface area contributed by atoms with Crippen molar-refractivity contribution >= 4 is 5.69 Å². The molecule has 1 aliphatic rings. The van der Waals surface area contributed by atoms with Crippen LogP contribution in [0.1, 0.15) is 37.7 Å². The predicted octanol–water partition coefficient (Wildman–Crippen LogP) is 3.34. The molecule has 2 nitrogen and oxygen atoms in total. The highest BCUT2D eigenvalue weighted by molar-refractivity contribution is 5.46. The molecule has 2 heteroatoms. The van der Waals surface area contributed by atoms with Crippen molar-refractivity contribution in [1.29, 1.82) is 0 Å². The molecular weight excluding hydrogens is 220 g/mol. The number of benzene rings is 1.